The minimum absolute atomic E-state index is 0.918. The van der Waals surface area contributed by atoms with Gasteiger partial charge in [0.25, 0.3) is 0 Å². The Morgan fingerprint density at radius 2 is 1.81 bits per heavy atom. The molecule has 2 aromatic rings. The van der Waals surface area contributed by atoms with Crippen LogP contribution in [0, 0.1) is 0 Å². The second kappa shape index (κ2) is 6.19. The molecule has 0 N–H and O–H groups in total. The number of allylic oxidation sites excluding steroid dienone is 9. The molecule has 21 heavy (non-hydrogen) atoms. The number of benzene rings is 1. The third kappa shape index (κ3) is 3.26. The Labute approximate surface area is 125 Å². The quantitative estimate of drug-likeness (QED) is 0.690. The highest BCUT2D eigenvalue weighted by molar-refractivity contribution is 5.86. The number of hydrogen-bond acceptors (Lipinski definition) is 1. The van der Waals surface area contributed by atoms with Gasteiger partial charge >= 0.3 is 0 Å². The number of fused-ring (bicyclic) bond motifs is 1. The summed E-state index contributed by atoms with van der Waals surface area (Å²) in [7, 11) is 0. The molecule has 1 nitrogen and oxygen atoms in total. The zero-order valence-corrected chi connectivity index (χ0v) is 11.9. The molecule has 1 aliphatic carbocycles. The molecular formula is C20H17N. The summed E-state index contributed by atoms with van der Waals surface area (Å²) in [5.41, 5.74) is 3.03. The van der Waals surface area contributed by atoms with Crippen molar-refractivity contribution in [1.29, 1.82) is 0 Å². The van der Waals surface area contributed by atoms with Gasteiger partial charge < -0.3 is 0 Å². The molecule has 0 spiro atoms. The number of rotatable bonds is 1. The number of nitrogens with zero attached hydrogens (tertiary/aromatic N) is 1. The maximum Gasteiger partial charge on any atom is 0.0708 e. The smallest absolute Gasteiger partial charge is 0.0708 e. The highest BCUT2D eigenvalue weighted by atomic mass is 14.7. The van der Waals surface area contributed by atoms with Crippen molar-refractivity contribution in [3.63, 3.8) is 0 Å². The van der Waals surface area contributed by atoms with Gasteiger partial charge in [-0.15, -0.1) is 0 Å². The van der Waals surface area contributed by atoms with Crippen molar-refractivity contribution in [2.75, 3.05) is 0 Å². The van der Waals surface area contributed by atoms with Crippen LogP contribution in [0.2, 0.25) is 0 Å². The molecule has 1 heteroatoms. The molecule has 1 aromatic heterocycles. The molecule has 1 aromatic carbocycles. The van der Waals surface area contributed by atoms with Crippen molar-refractivity contribution in [2.24, 2.45) is 0 Å². The summed E-state index contributed by atoms with van der Waals surface area (Å²) in [4.78, 5) is 4.59. The van der Waals surface area contributed by atoms with Gasteiger partial charge in [-0.2, -0.15) is 0 Å². The normalized spacial score (nSPS) is 22.3. The van der Waals surface area contributed by atoms with Gasteiger partial charge in [0.1, 0.15) is 0 Å². The lowest BCUT2D eigenvalue weighted by Gasteiger charge is -2.05. The first-order valence-electron chi connectivity index (χ1n) is 7.08. The molecule has 0 bridgehead atoms. The van der Waals surface area contributed by atoms with Gasteiger partial charge in [0, 0.05) is 17.2 Å². The van der Waals surface area contributed by atoms with Gasteiger partial charge in [0.2, 0.25) is 0 Å². The lowest BCUT2D eigenvalue weighted by Crippen LogP contribution is -1.88. The molecule has 0 unspecified atom stereocenters. The van der Waals surface area contributed by atoms with E-state index in [-0.39, 0.29) is 0 Å². The topological polar surface area (TPSA) is 12.9 Å². The van der Waals surface area contributed by atoms with Gasteiger partial charge in [0.15, 0.2) is 0 Å². The minimum atomic E-state index is 0.918. The summed E-state index contributed by atoms with van der Waals surface area (Å²) >= 11 is 0. The van der Waals surface area contributed by atoms with Crippen LogP contribution in [0.15, 0.2) is 91.2 Å². The van der Waals surface area contributed by atoms with E-state index in [1.807, 2.05) is 30.5 Å². The monoisotopic (exact) mass is 271 g/mol. The molecular weight excluding hydrogens is 254 g/mol. The van der Waals surface area contributed by atoms with Crippen molar-refractivity contribution in [1.82, 2.24) is 4.98 Å². The maximum absolute atomic E-state index is 4.59. The van der Waals surface area contributed by atoms with E-state index in [0.29, 0.717) is 0 Å². The molecule has 102 valence electrons. The Morgan fingerprint density at radius 3 is 2.71 bits per heavy atom. The van der Waals surface area contributed by atoms with E-state index < -0.39 is 0 Å². The first-order valence-corrected chi connectivity index (χ1v) is 7.08. The van der Waals surface area contributed by atoms with Crippen molar-refractivity contribution in [3.8, 4) is 0 Å². The second-order valence-electron chi connectivity index (χ2n) is 5.02. The van der Waals surface area contributed by atoms with Crippen molar-refractivity contribution in [2.45, 2.75) is 6.42 Å². The molecule has 0 fully saturated rings. The fourth-order valence-corrected chi connectivity index (χ4v) is 2.31. The molecule has 0 saturated carbocycles. The van der Waals surface area contributed by atoms with Crippen LogP contribution in [0.5, 0.6) is 0 Å². The summed E-state index contributed by atoms with van der Waals surface area (Å²) in [6, 6.07) is 10.4. The summed E-state index contributed by atoms with van der Waals surface area (Å²) in [6.07, 6.45) is 17.4. The lowest BCUT2D eigenvalue weighted by molar-refractivity contribution is 1.30. The minimum Gasteiger partial charge on any atom is -0.256 e. The van der Waals surface area contributed by atoms with Gasteiger partial charge in [-0.1, -0.05) is 67.3 Å². The second-order valence-corrected chi connectivity index (χ2v) is 5.02. The summed E-state index contributed by atoms with van der Waals surface area (Å²) in [5, 5.41) is 2.36. The lowest BCUT2D eigenvalue weighted by atomic mass is 10.0. The van der Waals surface area contributed by atoms with Crippen molar-refractivity contribution in [3.05, 3.63) is 96.9 Å². The van der Waals surface area contributed by atoms with Crippen LogP contribution >= 0.6 is 0 Å². The summed E-state index contributed by atoms with van der Waals surface area (Å²) < 4.78 is 0. The standard InChI is InChI=1S/C20H17N/c1-16-9-5-3-2-4-6-11-18(13-16)20-14-17-10-7-8-12-19(17)15-21-20/h2-3,5-15H,1,4H2/b3-2-,9-5-,11-6-,18-13+. The SMILES string of the molecule is C=C1/C=C\C=C/C/C=C\C(c2cc3ccccc3cn2)=C/1. The third-order valence-corrected chi connectivity index (χ3v) is 3.39. The van der Waals surface area contributed by atoms with Gasteiger partial charge in [-0.05, 0) is 29.5 Å². The van der Waals surface area contributed by atoms with Crippen molar-refractivity contribution >= 4 is 16.3 Å². The Balaban J connectivity index is 2.05. The highest BCUT2D eigenvalue weighted by Crippen LogP contribution is 2.21. The third-order valence-electron chi connectivity index (χ3n) is 3.39. The number of pyridine rings is 1. The molecule has 3 rings (SSSR count). The van der Waals surface area contributed by atoms with Crippen molar-refractivity contribution < 1.29 is 0 Å². The Hall–Kier alpha value is -2.67. The molecule has 0 radical (unpaired) electrons. The molecule has 1 heterocycles. The number of hydrogen-bond donors (Lipinski definition) is 0. The first kappa shape index (κ1) is 13.3. The van der Waals surface area contributed by atoms with Gasteiger partial charge in [-0.25, -0.2) is 0 Å². The van der Waals surface area contributed by atoms with Crippen LogP contribution in [0.3, 0.4) is 0 Å². The summed E-state index contributed by atoms with van der Waals surface area (Å²) in [5.74, 6) is 0. The largest absolute Gasteiger partial charge is 0.256 e. The predicted molar refractivity (Wildman–Crippen MR) is 90.9 cm³/mol. The highest BCUT2D eigenvalue weighted by Gasteiger charge is 2.02. The van der Waals surface area contributed by atoms with Crippen LogP contribution < -0.4 is 0 Å². The number of aromatic nitrogens is 1. The zero-order chi connectivity index (χ0) is 14.5. The van der Waals surface area contributed by atoms with E-state index in [1.165, 1.54) is 5.39 Å². The van der Waals surface area contributed by atoms with E-state index in [4.69, 9.17) is 0 Å². The van der Waals surface area contributed by atoms with Crippen LogP contribution in [0.4, 0.5) is 0 Å². The van der Waals surface area contributed by atoms with Gasteiger partial charge in [-0.3, -0.25) is 4.98 Å². The van der Waals surface area contributed by atoms with Crippen LogP contribution in [-0.4, -0.2) is 4.98 Å². The van der Waals surface area contributed by atoms with E-state index in [0.717, 1.165) is 28.6 Å². The van der Waals surface area contributed by atoms with E-state index in [1.54, 1.807) is 0 Å². The Morgan fingerprint density at radius 1 is 0.952 bits per heavy atom. The molecule has 0 amide bonds. The molecule has 0 saturated heterocycles. The van der Waals surface area contributed by atoms with E-state index in [2.05, 4.69) is 60.1 Å². The van der Waals surface area contributed by atoms with Gasteiger partial charge in [0.05, 0.1) is 5.69 Å². The summed E-state index contributed by atoms with van der Waals surface area (Å²) in [6.45, 7) is 4.07. The first-order chi connectivity index (χ1) is 10.3. The van der Waals surface area contributed by atoms with Crippen LogP contribution in [-0.2, 0) is 0 Å². The van der Waals surface area contributed by atoms with Crippen LogP contribution in [0.25, 0.3) is 16.3 Å². The fourth-order valence-electron chi connectivity index (χ4n) is 2.31. The van der Waals surface area contributed by atoms with Crippen LogP contribution in [0.1, 0.15) is 12.1 Å². The molecule has 0 aliphatic heterocycles. The fraction of sp³-hybridized carbons (Fsp3) is 0.0500. The maximum atomic E-state index is 4.59. The Kier molecular flexibility index (Phi) is 3.92. The average Bonchev–Trinajstić information content (AvgIpc) is 2.52. The molecule has 0 atom stereocenters. The van der Waals surface area contributed by atoms with E-state index >= 15 is 0 Å². The van der Waals surface area contributed by atoms with E-state index in [9.17, 15) is 0 Å². The average molecular weight is 271 g/mol. The Bertz CT molecular complexity index is 788. The molecule has 1 aliphatic rings. The zero-order valence-electron chi connectivity index (χ0n) is 11.9. The predicted octanol–water partition coefficient (Wildman–Crippen LogP) is 5.25.